The number of hydrogen-bond donors (Lipinski definition) is 3. The number of nitrogens with zero attached hydrogens (tertiary/aromatic N) is 2. The van der Waals surface area contributed by atoms with Gasteiger partial charge in [-0.2, -0.15) is 0 Å². The van der Waals surface area contributed by atoms with Gasteiger partial charge in [-0.1, -0.05) is 45.3 Å². The molecule has 168 valence electrons. The highest BCUT2D eigenvalue weighted by atomic mass is 19.1. The van der Waals surface area contributed by atoms with E-state index in [0.717, 1.165) is 18.4 Å². The van der Waals surface area contributed by atoms with Crippen molar-refractivity contribution in [3.63, 3.8) is 0 Å². The standard InChI is InChI=1S/C22H34FN3O4/c1-17(28)19(8-10-22(30,15-27)9-6-4-5-7-11-23)26-20(29)21(2,3)12-18-13-24-16-25-14-18/h8,10,13-14,16,19,27,30H,4-7,9,11-12,15H2,1-3H3,(H,26,29)/b10-8+. The molecule has 1 heterocycles. The third kappa shape index (κ3) is 9.09. The molecule has 0 bridgehead atoms. The van der Waals surface area contributed by atoms with Gasteiger partial charge in [0.2, 0.25) is 5.91 Å². The monoisotopic (exact) mass is 423 g/mol. The number of carbonyl (C=O) groups is 2. The van der Waals surface area contributed by atoms with Crippen LogP contribution in [0.15, 0.2) is 30.9 Å². The zero-order valence-corrected chi connectivity index (χ0v) is 18.1. The van der Waals surface area contributed by atoms with Gasteiger partial charge in [0.25, 0.3) is 0 Å². The van der Waals surface area contributed by atoms with Gasteiger partial charge >= 0.3 is 0 Å². The highest BCUT2D eigenvalue weighted by molar-refractivity contribution is 5.91. The van der Waals surface area contributed by atoms with Crippen molar-refractivity contribution in [3.05, 3.63) is 36.4 Å². The van der Waals surface area contributed by atoms with Crippen molar-refractivity contribution in [1.82, 2.24) is 15.3 Å². The Morgan fingerprint density at radius 1 is 1.20 bits per heavy atom. The van der Waals surface area contributed by atoms with E-state index in [-0.39, 0.29) is 24.8 Å². The zero-order valence-electron chi connectivity index (χ0n) is 18.1. The van der Waals surface area contributed by atoms with Crippen LogP contribution in [0, 0.1) is 5.41 Å². The van der Waals surface area contributed by atoms with E-state index in [4.69, 9.17) is 0 Å². The number of aliphatic hydroxyl groups is 2. The van der Waals surface area contributed by atoms with Crippen LogP contribution in [0.3, 0.4) is 0 Å². The number of amides is 1. The molecule has 0 aromatic carbocycles. The molecule has 2 unspecified atom stereocenters. The van der Waals surface area contributed by atoms with Gasteiger partial charge in [0.15, 0.2) is 5.78 Å². The Morgan fingerprint density at radius 3 is 2.40 bits per heavy atom. The molecule has 3 N–H and O–H groups in total. The lowest BCUT2D eigenvalue weighted by Crippen LogP contribution is -2.46. The van der Waals surface area contributed by atoms with Crippen LogP contribution >= 0.6 is 0 Å². The second-order valence-electron chi connectivity index (χ2n) is 8.34. The molecular weight excluding hydrogens is 389 g/mol. The highest BCUT2D eigenvalue weighted by Gasteiger charge is 2.31. The molecule has 2 atom stereocenters. The first-order valence-corrected chi connectivity index (χ1v) is 10.3. The maximum Gasteiger partial charge on any atom is 0.226 e. The fourth-order valence-corrected chi connectivity index (χ4v) is 3.00. The fraction of sp³-hybridized carbons (Fsp3) is 0.636. The summed E-state index contributed by atoms with van der Waals surface area (Å²) >= 11 is 0. The van der Waals surface area contributed by atoms with Crippen LogP contribution in [0.2, 0.25) is 0 Å². The van der Waals surface area contributed by atoms with Crippen LogP contribution in [0.1, 0.15) is 58.4 Å². The van der Waals surface area contributed by atoms with Crippen molar-refractivity contribution in [3.8, 4) is 0 Å². The van der Waals surface area contributed by atoms with Crippen LogP contribution < -0.4 is 5.32 Å². The van der Waals surface area contributed by atoms with Crippen molar-refractivity contribution in [1.29, 1.82) is 0 Å². The number of aliphatic hydroxyl groups excluding tert-OH is 1. The third-order valence-corrected chi connectivity index (χ3v) is 4.97. The molecule has 7 nitrogen and oxygen atoms in total. The number of hydrogen-bond acceptors (Lipinski definition) is 6. The van der Waals surface area contributed by atoms with Gasteiger partial charge in [-0.15, -0.1) is 0 Å². The molecule has 0 aliphatic rings. The summed E-state index contributed by atoms with van der Waals surface area (Å²) in [6.07, 6.45) is 10.7. The normalized spacial score (nSPS) is 15.0. The van der Waals surface area contributed by atoms with E-state index in [9.17, 15) is 24.2 Å². The lowest BCUT2D eigenvalue weighted by molar-refractivity contribution is -0.132. The number of nitrogens with one attached hydrogen (secondary N) is 1. The highest BCUT2D eigenvalue weighted by Crippen LogP contribution is 2.22. The maximum absolute atomic E-state index is 12.8. The van der Waals surface area contributed by atoms with E-state index in [0.29, 0.717) is 19.3 Å². The van der Waals surface area contributed by atoms with E-state index >= 15 is 0 Å². The molecule has 0 aliphatic heterocycles. The number of unbranched alkanes of at least 4 members (excludes halogenated alkanes) is 3. The second kappa shape index (κ2) is 12.5. The van der Waals surface area contributed by atoms with Gasteiger partial charge in [-0.05, 0) is 31.7 Å². The number of carbonyl (C=O) groups excluding carboxylic acids is 2. The van der Waals surface area contributed by atoms with Gasteiger partial charge in [-0.3, -0.25) is 14.0 Å². The van der Waals surface area contributed by atoms with Crippen LogP contribution in [-0.2, 0) is 16.0 Å². The molecule has 0 spiro atoms. The zero-order chi connectivity index (χ0) is 22.6. The average molecular weight is 424 g/mol. The Kier molecular flexibility index (Phi) is 10.8. The van der Waals surface area contributed by atoms with Gasteiger partial charge < -0.3 is 15.5 Å². The first-order valence-electron chi connectivity index (χ1n) is 10.3. The van der Waals surface area contributed by atoms with Gasteiger partial charge in [0, 0.05) is 17.8 Å². The van der Waals surface area contributed by atoms with E-state index < -0.39 is 23.7 Å². The summed E-state index contributed by atoms with van der Waals surface area (Å²) in [6.45, 7) is 4.00. The summed E-state index contributed by atoms with van der Waals surface area (Å²) in [5.41, 5.74) is -1.50. The number of halogens is 1. The number of Topliss-reactive ketones (excluding diaryl/α,β-unsaturated/α-hetero) is 1. The van der Waals surface area contributed by atoms with Gasteiger partial charge in [-0.25, -0.2) is 9.97 Å². The Morgan fingerprint density at radius 2 is 1.83 bits per heavy atom. The molecule has 0 fully saturated rings. The molecule has 0 aliphatic carbocycles. The van der Waals surface area contributed by atoms with Crippen LogP contribution in [0.4, 0.5) is 4.39 Å². The Labute approximate surface area is 177 Å². The van der Waals surface area contributed by atoms with Crippen LogP contribution in [0.25, 0.3) is 0 Å². The molecule has 0 radical (unpaired) electrons. The number of ketones is 1. The predicted molar refractivity (Wildman–Crippen MR) is 112 cm³/mol. The maximum atomic E-state index is 12.8. The molecule has 1 rings (SSSR count). The molecule has 8 heteroatoms. The lowest BCUT2D eigenvalue weighted by atomic mass is 9.85. The third-order valence-electron chi connectivity index (χ3n) is 4.97. The minimum atomic E-state index is -1.50. The molecule has 1 amide bonds. The Bertz CT molecular complexity index is 697. The molecule has 1 aromatic rings. The van der Waals surface area contributed by atoms with Crippen molar-refractivity contribution < 1.29 is 24.2 Å². The second-order valence-corrected chi connectivity index (χ2v) is 8.34. The van der Waals surface area contributed by atoms with E-state index in [1.165, 1.54) is 25.4 Å². The summed E-state index contributed by atoms with van der Waals surface area (Å²) in [5, 5.41) is 22.8. The van der Waals surface area contributed by atoms with Crippen LogP contribution in [-0.4, -0.2) is 56.8 Å². The van der Waals surface area contributed by atoms with Gasteiger partial charge in [0.05, 0.1) is 13.3 Å². The largest absolute Gasteiger partial charge is 0.393 e. The summed E-state index contributed by atoms with van der Waals surface area (Å²) in [5.74, 6) is -0.614. The van der Waals surface area contributed by atoms with E-state index in [1.54, 1.807) is 26.2 Å². The van der Waals surface area contributed by atoms with Crippen molar-refractivity contribution >= 4 is 11.7 Å². The van der Waals surface area contributed by atoms with Crippen molar-refractivity contribution in [2.24, 2.45) is 5.41 Å². The first-order chi connectivity index (χ1) is 14.1. The lowest BCUT2D eigenvalue weighted by Gasteiger charge is -2.26. The number of aromatic nitrogens is 2. The predicted octanol–water partition coefficient (Wildman–Crippen LogP) is 2.32. The molecule has 1 aromatic heterocycles. The summed E-state index contributed by atoms with van der Waals surface area (Å²) < 4.78 is 12.1. The van der Waals surface area contributed by atoms with E-state index in [1.807, 2.05) is 0 Å². The summed E-state index contributed by atoms with van der Waals surface area (Å²) in [6, 6.07) is -0.923. The van der Waals surface area contributed by atoms with Gasteiger partial charge in [0.1, 0.15) is 18.0 Å². The minimum Gasteiger partial charge on any atom is -0.393 e. The average Bonchev–Trinajstić information content (AvgIpc) is 2.71. The molecule has 0 saturated heterocycles. The number of alkyl halides is 1. The quantitative estimate of drug-likeness (QED) is 0.313. The molecule has 30 heavy (non-hydrogen) atoms. The fourth-order valence-electron chi connectivity index (χ4n) is 3.00. The smallest absolute Gasteiger partial charge is 0.226 e. The summed E-state index contributed by atoms with van der Waals surface area (Å²) in [4.78, 5) is 32.7. The Balaban J connectivity index is 2.75. The van der Waals surface area contributed by atoms with Crippen molar-refractivity contribution in [2.45, 2.75) is 70.9 Å². The molecule has 0 saturated carbocycles. The minimum absolute atomic E-state index is 0.282. The molecular formula is C22H34FN3O4. The topological polar surface area (TPSA) is 112 Å². The first kappa shape index (κ1) is 25.8. The van der Waals surface area contributed by atoms with Crippen molar-refractivity contribution in [2.75, 3.05) is 13.3 Å². The van der Waals surface area contributed by atoms with Crippen LogP contribution in [0.5, 0.6) is 0 Å². The number of rotatable bonds is 14. The van der Waals surface area contributed by atoms with E-state index in [2.05, 4.69) is 15.3 Å². The summed E-state index contributed by atoms with van der Waals surface area (Å²) in [7, 11) is 0. The SMILES string of the molecule is CC(=O)C(/C=C/C(O)(CO)CCCCCCF)NC(=O)C(C)(C)Cc1cncnc1. The Hall–Kier alpha value is -2.19.